The predicted octanol–water partition coefficient (Wildman–Crippen LogP) is 2.05. The third-order valence-corrected chi connectivity index (χ3v) is 4.84. The molecule has 0 radical (unpaired) electrons. The first-order valence-corrected chi connectivity index (χ1v) is 7.97. The van der Waals surface area contributed by atoms with Gasteiger partial charge in [0.05, 0.1) is 6.54 Å². The number of rotatable bonds is 7. The summed E-state index contributed by atoms with van der Waals surface area (Å²) in [5, 5.41) is 3.37. The van der Waals surface area contributed by atoms with Gasteiger partial charge in [-0.25, -0.2) is 12.7 Å². The molecule has 0 spiro atoms. The summed E-state index contributed by atoms with van der Waals surface area (Å²) in [5.41, 5.74) is 0. The van der Waals surface area contributed by atoms with Crippen LogP contribution in [0.2, 0.25) is 0 Å². The van der Waals surface area contributed by atoms with Crippen molar-refractivity contribution in [3.63, 3.8) is 0 Å². The Morgan fingerprint density at radius 1 is 1.32 bits per heavy atom. The van der Waals surface area contributed by atoms with Crippen molar-refractivity contribution in [2.45, 2.75) is 44.9 Å². The minimum atomic E-state index is -3.48. The summed E-state index contributed by atoms with van der Waals surface area (Å²) < 4.78 is 30.3. The molecular formula is C13H24N2O3S. The zero-order valence-electron chi connectivity index (χ0n) is 12.3. The van der Waals surface area contributed by atoms with Gasteiger partial charge in [0, 0.05) is 20.1 Å². The van der Waals surface area contributed by atoms with Crippen molar-refractivity contribution in [3.8, 4) is 0 Å². The topological polar surface area (TPSA) is 62.6 Å². The van der Waals surface area contributed by atoms with Crippen molar-refractivity contribution in [2.24, 2.45) is 5.92 Å². The fourth-order valence-electron chi connectivity index (χ4n) is 1.85. The van der Waals surface area contributed by atoms with Crippen molar-refractivity contribution in [2.75, 3.05) is 14.1 Å². The van der Waals surface area contributed by atoms with Crippen LogP contribution in [0.1, 0.15) is 33.0 Å². The van der Waals surface area contributed by atoms with Gasteiger partial charge in [-0.05, 0) is 24.5 Å². The van der Waals surface area contributed by atoms with Gasteiger partial charge in [-0.3, -0.25) is 0 Å². The molecule has 5 nitrogen and oxygen atoms in total. The lowest BCUT2D eigenvalue weighted by Gasteiger charge is -2.19. The average molecular weight is 288 g/mol. The van der Waals surface area contributed by atoms with Crippen molar-refractivity contribution in [1.29, 1.82) is 0 Å². The highest BCUT2D eigenvalue weighted by Gasteiger charge is 2.21. The van der Waals surface area contributed by atoms with Gasteiger partial charge in [0.25, 0.3) is 10.0 Å². The van der Waals surface area contributed by atoms with E-state index in [-0.39, 0.29) is 5.09 Å². The van der Waals surface area contributed by atoms with Crippen LogP contribution in [0.25, 0.3) is 0 Å². The predicted molar refractivity (Wildman–Crippen MR) is 75.3 cm³/mol. The van der Waals surface area contributed by atoms with E-state index in [1.807, 2.05) is 0 Å². The van der Waals surface area contributed by atoms with Crippen molar-refractivity contribution in [1.82, 2.24) is 9.62 Å². The Morgan fingerprint density at radius 2 is 1.95 bits per heavy atom. The highest BCUT2D eigenvalue weighted by atomic mass is 32.2. The van der Waals surface area contributed by atoms with Gasteiger partial charge in [-0.1, -0.05) is 20.8 Å². The molecule has 110 valence electrons. The SMILES string of the molecule is CCC(NCc1ccc(S(=O)(=O)N(C)C)o1)C(C)C. The van der Waals surface area contributed by atoms with Crippen LogP contribution in [0.5, 0.6) is 0 Å². The molecule has 0 saturated carbocycles. The van der Waals surface area contributed by atoms with Crippen LogP contribution in [-0.4, -0.2) is 32.9 Å². The molecule has 19 heavy (non-hydrogen) atoms. The van der Waals surface area contributed by atoms with E-state index in [0.717, 1.165) is 10.7 Å². The average Bonchev–Trinajstić information content (AvgIpc) is 2.78. The van der Waals surface area contributed by atoms with Gasteiger partial charge in [0.1, 0.15) is 5.76 Å². The zero-order valence-corrected chi connectivity index (χ0v) is 13.1. The fourth-order valence-corrected chi connectivity index (χ4v) is 2.67. The molecule has 0 fully saturated rings. The number of hydrogen-bond donors (Lipinski definition) is 1. The monoisotopic (exact) mass is 288 g/mol. The third kappa shape index (κ3) is 4.06. The highest BCUT2D eigenvalue weighted by molar-refractivity contribution is 7.88. The summed E-state index contributed by atoms with van der Waals surface area (Å²) in [5.74, 6) is 1.17. The maximum atomic E-state index is 11.9. The summed E-state index contributed by atoms with van der Waals surface area (Å²) in [7, 11) is -0.502. The van der Waals surface area contributed by atoms with Crippen LogP contribution in [0.15, 0.2) is 21.6 Å². The fraction of sp³-hybridized carbons (Fsp3) is 0.692. The van der Waals surface area contributed by atoms with Gasteiger partial charge in [0.15, 0.2) is 0 Å². The number of hydrogen-bond acceptors (Lipinski definition) is 4. The molecule has 0 aliphatic heterocycles. The first kappa shape index (κ1) is 16.2. The summed E-state index contributed by atoms with van der Waals surface area (Å²) in [6, 6.07) is 3.61. The Morgan fingerprint density at radius 3 is 2.42 bits per heavy atom. The molecule has 0 amide bonds. The zero-order chi connectivity index (χ0) is 14.6. The lowest BCUT2D eigenvalue weighted by atomic mass is 10.0. The van der Waals surface area contributed by atoms with E-state index in [2.05, 4.69) is 26.1 Å². The van der Waals surface area contributed by atoms with Crippen LogP contribution in [0.4, 0.5) is 0 Å². The Bertz CT molecular complexity index is 492. The second-order valence-electron chi connectivity index (χ2n) is 5.15. The Kier molecular flexibility index (Phi) is 5.58. The quantitative estimate of drug-likeness (QED) is 0.834. The van der Waals surface area contributed by atoms with Crippen LogP contribution >= 0.6 is 0 Å². The normalized spacial score (nSPS) is 14.3. The maximum Gasteiger partial charge on any atom is 0.275 e. The minimum absolute atomic E-state index is 0.00750. The molecule has 1 unspecified atom stereocenters. The third-order valence-electron chi connectivity index (χ3n) is 3.15. The number of furan rings is 1. The van der Waals surface area contributed by atoms with E-state index in [1.54, 1.807) is 6.07 Å². The minimum Gasteiger partial charge on any atom is -0.447 e. The smallest absolute Gasteiger partial charge is 0.275 e. The first-order valence-electron chi connectivity index (χ1n) is 6.53. The van der Waals surface area contributed by atoms with E-state index in [0.29, 0.717) is 24.3 Å². The molecule has 0 bridgehead atoms. The van der Waals surface area contributed by atoms with E-state index in [9.17, 15) is 8.42 Å². The summed E-state index contributed by atoms with van der Waals surface area (Å²) in [4.78, 5) is 0. The van der Waals surface area contributed by atoms with Crippen molar-refractivity contribution >= 4 is 10.0 Å². The standard InChI is InChI=1S/C13H24N2O3S/c1-6-12(10(2)3)14-9-11-7-8-13(18-11)19(16,17)15(4)5/h7-8,10,12,14H,6,9H2,1-5H3. The first-order chi connectivity index (χ1) is 8.78. The van der Waals surface area contributed by atoms with Gasteiger partial charge in [0.2, 0.25) is 5.09 Å². The maximum absolute atomic E-state index is 11.9. The summed E-state index contributed by atoms with van der Waals surface area (Å²) in [6.07, 6.45) is 1.03. The molecule has 1 atom stereocenters. The second-order valence-corrected chi connectivity index (χ2v) is 7.23. The summed E-state index contributed by atoms with van der Waals surface area (Å²) in [6.45, 7) is 6.98. The van der Waals surface area contributed by atoms with Crippen LogP contribution in [0, 0.1) is 5.92 Å². The Balaban J connectivity index is 2.71. The van der Waals surface area contributed by atoms with Crippen LogP contribution < -0.4 is 5.32 Å². The Labute approximate surface area is 116 Å². The number of sulfonamides is 1. The molecule has 0 aliphatic carbocycles. The van der Waals surface area contributed by atoms with Gasteiger partial charge < -0.3 is 9.73 Å². The van der Waals surface area contributed by atoms with Gasteiger partial charge >= 0.3 is 0 Å². The molecular weight excluding hydrogens is 264 g/mol. The lowest BCUT2D eigenvalue weighted by Crippen LogP contribution is -2.32. The largest absolute Gasteiger partial charge is 0.447 e. The van der Waals surface area contributed by atoms with Crippen molar-refractivity contribution < 1.29 is 12.8 Å². The summed E-state index contributed by atoms with van der Waals surface area (Å²) >= 11 is 0. The van der Waals surface area contributed by atoms with Crippen molar-refractivity contribution in [3.05, 3.63) is 17.9 Å². The van der Waals surface area contributed by atoms with Crippen LogP contribution in [0.3, 0.4) is 0 Å². The molecule has 1 rings (SSSR count). The molecule has 0 aliphatic rings. The molecule has 0 saturated heterocycles. The second kappa shape index (κ2) is 6.54. The molecule has 1 heterocycles. The van der Waals surface area contributed by atoms with E-state index in [4.69, 9.17) is 4.42 Å². The van der Waals surface area contributed by atoms with E-state index in [1.165, 1.54) is 20.2 Å². The number of nitrogens with one attached hydrogen (secondary N) is 1. The molecule has 1 N–H and O–H groups in total. The van der Waals surface area contributed by atoms with Gasteiger partial charge in [-0.15, -0.1) is 0 Å². The molecule has 1 aromatic rings. The van der Waals surface area contributed by atoms with Crippen LogP contribution in [-0.2, 0) is 16.6 Å². The molecule has 0 aromatic carbocycles. The highest BCUT2D eigenvalue weighted by Crippen LogP contribution is 2.17. The number of nitrogens with zero attached hydrogens (tertiary/aromatic N) is 1. The van der Waals surface area contributed by atoms with E-state index >= 15 is 0 Å². The lowest BCUT2D eigenvalue weighted by molar-refractivity contribution is 0.345. The molecule has 1 aromatic heterocycles. The van der Waals surface area contributed by atoms with Gasteiger partial charge in [-0.2, -0.15) is 0 Å². The Hall–Kier alpha value is -0.850. The molecule has 6 heteroatoms. The van der Waals surface area contributed by atoms with E-state index < -0.39 is 10.0 Å².